The smallest absolute Gasteiger partial charge is 0.129 e. The van der Waals surface area contributed by atoms with Gasteiger partial charge in [-0.15, -0.1) is 5.54 Å². The molecule has 0 aromatic heterocycles. The Morgan fingerprint density at radius 2 is 1.88 bits per heavy atom. The Kier molecular flexibility index (Phi) is 5.75. The third-order valence-corrected chi connectivity index (χ3v) is 2.87. The minimum Gasteiger partial charge on any atom is -0.373 e. The van der Waals surface area contributed by atoms with Crippen molar-refractivity contribution in [3.05, 3.63) is 48.0 Å². The summed E-state index contributed by atoms with van der Waals surface area (Å²) in [5, 5.41) is 0. The molecule has 0 atom stereocenters. The zero-order valence-electron chi connectivity index (χ0n) is 10.9. The maximum atomic E-state index is 5.51. The van der Waals surface area contributed by atoms with Gasteiger partial charge in [-0.1, -0.05) is 62.0 Å². The van der Waals surface area contributed by atoms with E-state index in [-0.39, 0.29) is 0 Å². The second-order valence-electron chi connectivity index (χ2n) is 4.92. The van der Waals surface area contributed by atoms with Crippen LogP contribution in [0.5, 0.6) is 0 Å². The third kappa shape index (κ3) is 7.57. The van der Waals surface area contributed by atoms with Crippen LogP contribution in [0.4, 0.5) is 0 Å². The van der Waals surface area contributed by atoms with Gasteiger partial charge < -0.3 is 4.74 Å². The lowest BCUT2D eigenvalue weighted by Crippen LogP contribution is -2.16. The minimum atomic E-state index is -1.23. The first-order valence-corrected chi connectivity index (χ1v) is 9.37. The zero-order chi connectivity index (χ0) is 12.6. The summed E-state index contributed by atoms with van der Waals surface area (Å²) in [5.74, 6) is 3.08. The van der Waals surface area contributed by atoms with Gasteiger partial charge in [0.05, 0.1) is 13.2 Å². The number of rotatable bonds is 4. The molecule has 0 unspecified atom stereocenters. The van der Waals surface area contributed by atoms with Gasteiger partial charge in [0.1, 0.15) is 8.07 Å². The van der Waals surface area contributed by atoms with Gasteiger partial charge in [-0.05, 0) is 11.6 Å². The molecule has 0 radical (unpaired) electrons. The van der Waals surface area contributed by atoms with Gasteiger partial charge in [0.2, 0.25) is 0 Å². The topological polar surface area (TPSA) is 9.23 Å². The van der Waals surface area contributed by atoms with Crippen molar-refractivity contribution in [3.63, 3.8) is 0 Å². The van der Waals surface area contributed by atoms with Gasteiger partial charge in [0.15, 0.2) is 0 Å². The Morgan fingerprint density at radius 3 is 2.53 bits per heavy atom. The van der Waals surface area contributed by atoms with E-state index in [0.717, 1.165) is 0 Å². The van der Waals surface area contributed by atoms with Crippen LogP contribution >= 0.6 is 0 Å². The summed E-state index contributed by atoms with van der Waals surface area (Å²) in [7, 11) is -1.23. The van der Waals surface area contributed by atoms with Crippen molar-refractivity contribution in [2.45, 2.75) is 26.2 Å². The molecule has 2 heteroatoms. The number of hydrogen-bond acceptors (Lipinski definition) is 1. The molecule has 17 heavy (non-hydrogen) atoms. The van der Waals surface area contributed by atoms with E-state index in [4.69, 9.17) is 4.74 Å². The molecule has 0 N–H and O–H groups in total. The summed E-state index contributed by atoms with van der Waals surface area (Å²) in [6.07, 6.45) is 3.86. The van der Waals surface area contributed by atoms with E-state index in [9.17, 15) is 0 Å². The van der Waals surface area contributed by atoms with Crippen LogP contribution in [-0.4, -0.2) is 14.7 Å². The Bertz CT molecular complexity index is 404. The van der Waals surface area contributed by atoms with E-state index in [1.165, 1.54) is 5.56 Å². The second-order valence-corrected chi connectivity index (χ2v) is 9.67. The molecule has 0 saturated carbocycles. The van der Waals surface area contributed by atoms with Crippen molar-refractivity contribution < 1.29 is 4.74 Å². The van der Waals surface area contributed by atoms with Crippen LogP contribution in [0.25, 0.3) is 0 Å². The molecule has 0 amide bonds. The lowest BCUT2D eigenvalue weighted by Gasteiger charge is -2.02. The van der Waals surface area contributed by atoms with E-state index < -0.39 is 8.07 Å². The summed E-state index contributed by atoms with van der Waals surface area (Å²) in [6.45, 7) is 7.99. The summed E-state index contributed by atoms with van der Waals surface area (Å²) in [6, 6.07) is 10.2. The summed E-state index contributed by atoms with van der Waals surface area (Å²) in [4.78, 5) is 0. The summed E-state index contributed by atoms with van der Waals surface area (Å²) in [5.41, 5.74) is 4.48. The Morgan fingerprint density at radius 1 is 1.18 bits per heavy atom. The average molecular weight is 244 g/mol. The van der Waals surface area contributed by atoms with Crippen molar-refractivity contribution in [2.24, 2.45) is 0 Å². The van der Waals surface area contributed by atoms with Gasteiger partial charge in [0.25, 0.3) is 0 Å². The number of allylic oxidation sites excluding steroid dienone is 1. The predicted molar refractivity (Wildman–Crippen MR) is 76.4 cm³/mol. The normalized spacial score (nSPS) is 11.2. The van der Waals surface area contributed by atoms with E-state index in [1.807, 2.05) is 30.4 Å². The van der Waals surface area contributed by atoms with Gasteiger partial charge in [0, 0.05) is 0 Å². The Balaban J connectivity index is 2.20. The maximum Gasteiger partial charge on any atom is 0.129 e. The number of benzene rings is 1. The van der Waals surface area contributed by atoms with Crippen molar-refractivity contribution in [1.82, 2.24) is 0 Å². The highest BCUT2D eigenvalue weighted by atomic mass is 28.3. The quantitative estimate of drug-likeness (QED) is 0.446. The lowest BCUT2D eigenvalue weighted by molar-refractivity contribution is 0.149. The third-order valence-electron chi connectivity index (χ3n) is 1.97. The maximum absolute atomic E-state index is 5.51. The van der Waals surface area contributed by atoms with E-state index in [2.05, 4.69) is 43.2 Å². The van der Waals surface area contributed by atoms with Gasteiger partial charge >= 0.3 is 0 Å². The van der Waals surface area contributed by atoms with Crippen LogP contribution in [0.3, 0.4) is 0 Å². The molecule has 1 rings (SSSR count). The molecule has 1 aromatic rings. The molecule has 0 aliphatic heterocycles. The fourth-order valence-corrected chi connectivity index (χ4v) is 1.70. The highest BCUT2D eigenvalue weighted by Crippen LogP contribution is 2.00. The zero-order valence-corrected chi connectivity index (χ0v) is 11.9. The first-order chi connectivity index (χ1) is 8.08. The SMILES string of the molecule is C[Si](C)(C)C#C/C=C\COCc1ccccc1. The highest BCUT2D eigenvalue weighted by molar-refractivity contribution is 6.83. The molecule has 1 nitrogen and oxygen atoms in total. The molecule has 0 heterocycles. The van der Waals surface area contributed by atoms with Gasteiger partial charge in [-0.3, -0.25) is 0 Å². The van der Waals surface area contributed by atoms with Gasteiger partial charge in [-0.25, -0.2) is 0 Å². The van der Waals surface area contributed by atoms with Crippen LogP contribution in [-0.2, 0) is 11.3 Å². The second kappa shape index (κ2) is 7.11. The molecule has 0 bridgehead atoms. The fraction of sp³-hybridized carbons (Fsp3) is 0.333. The summed E-state index contributed by atoms with van der Waals surface area (Å²) >= 11 is 0. The van der Waals surface area contributed by atoms with E-state index >= 15 is 0 Å². The van der Waals surface area contributed by atoms with Gasteiger partial charge in [-0.2, -0.15) is 0 Å². The van der Waals surface area contributed by atoms with E-state index in [0.29, 0.717) is 13.2 Å². The van der Waals surface area contributed by atoms with Crippen LogP contribution in [0.1, 0.15) is 5.56 Å². The molecule has 90 valence electrons. The predicted octanol–water partition coefficient (Wildman–Crippen LogP) is 3.64. The monoisotopic (exact) mass is 244 g/mol. The molecule has 0 aliphatic rings. The first-order valence-electron chi connectivity index (χ1n) is 5.87. The Hall–Kier alpha value is -1.30. The van der Waals surface area contributed by atoms with Crippen molar-refractivity contribution in [2.75, 3.05) is 6.61 Å². The molecular weight excluding hydrogens is 224 g/mol. The lowest BCUT2D eigenvalue weighted by atomic mass is 10.2. The molecular formula is C15H20OSi. The van der Waals surface area contributed by atoms with Crippen molar-refractivity contribution in [3.8, 4) is 11.5 Å². The molecule has 1 aromatic carbocycles. The first kappa shape index (κ1) is 13.8. The molecule has 0 saturated heterocycles. The highest BCUT2D eigenvalue weighted by Gasteiger charge is 2.06. The minimum absolute atomic E-state index is 0.620. The van der Waals surface area contributed by atoms with Crippen LogP contribution in [0.2, 0.25) is 19.6 Å². The fourth-order valence-electron chi connectivity index (χ4n) is 1.18. The summed E-state index contributed by atoms with van der Waals surface area (Å²) < 4.78 is 5.51. The average Bonchev–Trinajstić information content (AvgIpc) is 2.28. The Labute approximate surface area is 106 Å². The molecule has 0 aliphatic carbocycles. The van der Waals surface area contributed by atoms with Crippen LogP contribution in [0.15, 0.2) is 42.5 Å². The number of hydrogen-bond donors (Lipinski definition) is 0. The van der Waals surface area contributed by atoms with E-state index in [1.54, 1.807) is 0 Å². The number of ether oxygens (including phenoxy) is 1. The molecule has 0 spiro atoms. The van der Waals surface area contributed by atoms with Crippen LogP contribution in [0, 0.1) is 11.5 Å². The van der Waals surface area contributed by atoms with Crippen molar-refractivity contribution >= 4 is 8.07 Å². The van der Waals surface area contributed by atoms with Crippen molar-refractivity contribution in [1.29, 1.82) is 0 Å². The largest absolute Gasteiger partial charge is 0.373 e. The van der Waals surface area contributed by atoms with Crippen LogP contribution < -0.4 is 0 Å². The standard InChI is InChI=1S/C15H20OSi/c1-17(2,3)13-9-5-8-12-16-14-15-10-6-4-7-11-15/h4-8,10-11H,12,14H2,1-3H3/b8-5-. The molecule has 0 fully saturated rings.